The summed E-state index contributed by atoms with van der Waals surface area (Å²) in [7, 11) is 1.66. The SMILES string of the molecule is COCCNCC1CC1c1ccc(OC(F)(F)F)cc1. The van der Waals surface area contributed by atoms with Crippen LogP contribution in [0.5, 0.6) is 5.75 Å². The van der Waals surface area contributed by atoms with Gasteiger partial charge in [-0.2, -0.15) is 0 Å². The number of hydrogen-bond acceptors (Lipinski definition) is 3. The zero-order valence-corrected chi connectivity index (χ0v) is 11.2. The van der Waals surface area contributed by atoms with Gasteiger partial charge in [0.2, 0.25) is 0 Å². The zero-order chi connectivity index (χ0) is 14.6. The van der Waals surface area contributed by atoms with Crippen LogP contribution in [0.15, 0.2) is 24.3 Å². The van der Waals surface area contributed by atoms with E-state index in [1.807, 2.05) is 0 Å². The summed E-state index contributed by atoms with van der Waals surface area (Å²) in [6.45, 7) is 2.41. The molecule has 1 fully saturated rings. The fourth-order valence-corrected chi connectivity index (χ4v) is 2.26. The number of nitrogens with one attached hydrogen (secondary N) is 1. The van der Waals surface area contributed by atoms with Gasteiger partial charge >= 0.3 is 6.36 Å². The minimum Gasteiger partial charge on any atom is -0.406 e. The minimum absolute atomic E-state index is 0.170. The molecule has 2 atom stereocenters. The molecule has 0 aromatic heterocycles. The van der Waals surface area contributed by atoms with Crippen molar-refractivity contribution < 1.29 is 22.6 Å². The Morgan fingerprint density at radius 2 is 1.95 bits per heavy atom. The van der Waals surface area contributed by atoms with Gasteiger partial charge in [0.15, 0.2) is 0 Å². The first-order chi connectivity index (χ1) is 9.49. The molecule has 1 N–H and O–H groups in total. The maximum absolute atomic E-state index is 12.0. The Labute approximate surface area is 116 Å². The van der Waals surface area contributed by atoms with Crippen LogP contribution in [0.2, 0.25) is 0 Å². The van der Waals surface area contributed by atoms with E-state index in [4.69, 9.17) is 4.74 Å². The van der Waals surface area contributed by atoms with Gasteiger partial charge in [0.05, 0.1) is 6.61 Å². The van der Waals surface area contributed by atoms with E-state index in [0.29, 0.717) is 18.4 Å². The van der Waals surface area contributed by atoms with Gasteiger partial charge in [0, 0.05) is 13.7 Å². The Morgan fingerprint density at radius 3 is 2.55 bits per heavy atom. The van der Waals surface area contributed by atoms with Crippen LogP contribution in [0.25, 0.3) is 0 Å². The summed E-state index contributed by atoms with van der Waals surface area (Å²) in [4.78, 5) is 0. The number of methoxy groups -OCH3 is 1. The largest absolute Gasteiger partial charge is 0.573 e. The second-order valence-corrected chi connectivity index (χ2v) is 4.92. The Bertz CT molecular complexity index is 419. The Kier molecular flexibility index (Phi) is 4.88. The van der Waals surface area contributed by atoms with Crippen LogP contribution in [-0.2, 0) is 4.74 Å². The molecule has 1 aliphatic carbocycles. The zero-order valence-electron chi connectivity index (χ0n) is 11.2. The molecule has 1 aromatic carbocycles. The lowest BCUT2D eigenvalue weighted by Crippen LogP contribution is -2.21. The highest BCUT2D eigenvalue weighted by Crippen LogP contribution is 2.47. The molecule has 112 valence electrons. The molecule has 1 saturated carbocycles. The van der Waals surface area contributed by atoms with Crippen LogP contribution < -0.4 is 10.1 Å². The fraction of sp³-hybridized carbons (Fsp3) is 0.571. The highest BCUT2D eigenvalue weighted by molar-refractivity contribution is 5.32. The lowest BCUT2D eigenvalue weighted by Gasteiger charge is -2.09. The Hall–Kier alpha value is -1.27. The van der Waals surface area contributed by atoms with Crippen LogP contribution in [0.4, 0.5) is 13.2 Å². The number of alkyl halides is 3. The topological polar surface area (TPSA) is 30.5 Å². The van der Waals surface area contributed by atoms with Crippen molar-refractivity contribution in [2.24, 2.45) is 5.92 Å². The number of rotatable bonds is 7. The van der Waals surface area contributed by atoms with Gasteiger partial charge in [-0.15, -0.1) is 13.2 Å². The van der Waals surface area contributed by atoms with Crippen molar-refractivity contribution in [2.45, 2.75) is 18.7 Å². The molecule has 1 aromatic rings. The molecular weight excluding hydrogens is 271 g/mol. The second-order valence-electron chi connectivity index (χ2n) is 4.92. The standard InChI is InChI=1S/C14H18F3NO2/c1-19-7-6-18-9-11-8-13(11)10-2-4-12(5-3-10)20-14(15,16)17/h2-5,11,13,18H,6-9H2,1H3. The summed E-state index contributed by atoms with van der Waals surface area (Å²) in [6.07, 6.45) is -3.56. The lowest BCUT2D eigenvalue weighted by atomic mass is 10.1. The van der Waals surface area contributed by atoms with E-state index in [2.05, 4.69) is 10.1 Å². The Morgan fingerprint density at radius 1 is 1.25 bits per heavy atom. The number of benzene rings is 1. The molecule has 0 bridgehead atoms. The summed E-state index contributed by atoms with van der Waals surface area (Å²) >= 11 is 0. The predicted octanol–water partition coefficient (Wildman–Crippen LogP) is 2.92. The van der Waals surface area contributed by atoms with Crippen molar-refractivity contribution in [1.29, 1.82) is 0 Å². The predicted molar refractivity (Wildman–Crippen MR) is 68.7 cm³/mol. The van der Waals surface area contributed by atoms with E-state index in [0.717, 1.165) is 25.1 Å². The molecule has 1 aliphatic rings. The van der Waals surface area contributed by atoms with Gasteiger partial charge in [-0.25, -0.2) is 0 Å². The lowest BCUT2D eigenvalue weighted by molar-refractivity contribution is -0.274. The summed E-state index contributed by atoms with van der Waals surface area (Å²) in [5, 5.41) is 3.29. The average Bonchev–Trinajstić information content (AvgIpc) is 3.13. The summed E-state index contributed by atoms with van der Waals surface area (Å²) in [5.74, 6) is 0.822. The number of hydrogen-bond donors (Lipinski definition) is 1. The number of halogens is 3. The molecule has 6 heteroatoms. The summed E-state index contributed by atoms with van der Waals surface area (Å²) in [5.41, 5.74) is 1.07. The maximum Gasteiger partial charge on any atom is 0.573 e. The third-order valence-electron chi connectivity index (χ3n) is 3.35. The monoisotopic (exact) mass is 289 g/mol. The fourth-order valence-electron chi connectivity index (χ4n) is 2.26. The molecule has 2 unspecified atom stereocenters. The average molecular weight is 289 g/mol. The quantitative estimate of drug-likeness (QED) is 0.783. The molecule has 0 heterocycles. The summed E-state index contributed by atoms with van der Waals surface area (Å²) in [6, 6.07) is 6.16. The van der Waals surface area contributed by atoms with Crippen LogP contribution in [0, 0.1) is 5.92 Å². The molecular formula is C14H18F3NO2. The normalized spacial score (nSPS) is 21.8. The van der Waals surface area contributed by atoms with Crippen LogP contribution >= 0.6 is 0 Å². The van der Waals surface area contributed by atoms with E-state index in [9.17, 15) is 13.2 Å². The van der Waals surface area contributed by atoms with E-state index >= 15 is 0 Å². The van der Waals surface area contributed by atoms with Gasteiger partial charge in [0.1, 0.15) is 5.75 Å². The molecule has 0 amide bonds. The molecule has 0 radical (unpaired) electrons. The van der Waals surface area contributed by atoms with Crippen molar-refractivity contribution >= 4 is 0 Å². The highest BCUT2D eigenvalue weighted by atomic mass is 19.4. The first-order valence-corrected chi connectivity index (χ1v) is 6.55. The third-order valence-corrected chi connectivity index (χ3v) is 3.35. The summed E-state index contributed by atoms with van der Waals surface area (Å²) < 4.78 is 44.9. The smallest absolute Gasteiger partial charge is 0.406 e. The maximum atomic E-state index is 12.0. The highest BCUT2D eigenvalue weighted by Gasteiger charge is 2.37. The van der Waals surface area contributed by atoms with Gasteiger partial charge in [-0.1, -0.05) is 12.1 Å². The van der Waals surface area contributed by atoms with Crippen molar-refractivity contribution in [1.82, 2.24) is 5.32 Å². The van der Waals surface area contributed by atoms with Gasteiger partial charge in [-0.3, -0.25) is 0 Å². The van der Waals surface area contributed by atoms with Gasteiger partial charge < -0.3 is 14.8 Å². The van der Waals surface area contributed by atoms with Crippen molar-refractivity contribution in [3.63, 3.8) is 0 Å². The van der Waals surface area contributed by atoms with Crippen molar-refractivity contribution in [3.8, 4) is 5.75 Å². The molecule has 0 saturated heterocycles. The molecule has 20 heavy (non-hydrogen) atoms. The molecule has 0 aliphatic heterocycles. The van der Waals surface area contributed by atoms with E-state index in [-0.39, 0.29) is 5.75 Å². The number of ether oxygens (including phenoxy) is 2. The minimum atomic E-state index is -4.63. The van der Waals surface area contributed by atoms with E-state index in [1.165, 1.54) is 12.1 Å². The van der Waals surface area contributed by atoms with Gasteiger partial charge in [-0.05, 0) is 42.5 Å². The molecule has 2 rings (SSSR count). The first kappa shape index (κ1) is 15.1. The van der Waals surface area contributed by atoms with Crippen LogP contribution in [0.1, 0.15) is 17.9 Å². The van der Waals surface area contributed by atoms with Crippen molar-refractivity contribution in [2.75, 3.05) is 26.8 Å². The third kappa shape index (κ3) is 4.68. The van der Waals surface area contributed by atoms with E-state index < -0.39 is 6.36 Å². The van der Waals surface area contributed by atoms with Crippen molar-refractivity contribution in [3.05, 3.63) is 29.8 Å². The molecule has 3 nitrogen and oxygen atoms in total. The second kappa shape index (κ2) is 6.45. The van der Waals surface area contributed by atoms with Gasteiger partial charge in [0.25, 0.3) is 0 Å². The van der Waals surface area contributed by atoms with Crippen LogP contribution in [-0.4, -0.2) is 33.2 Å². The van der Waals surface area contributed by atoms with Crippen LogP contribution in [0.3, 0.4) is 0 Å². The molecule has 0 spiro atoms. The van der Waals surface area contributed by atoms with E-state index in [1.54, 1.807) is 19.2 Å². The first-order valence-electron chi connectivity index (χ1n) is 6.55. The Balaban J connectivity index is 1.77.